The lowest BCUT2D eigenvalue weighted by molar-refractivity contribution is -0.153. The van der Waals surface area contributed by atoms with Crippen molar-refractivity contribution in [1.29, 1.82) is 0 Å². The number of alkyl halides is 3. The van der Waals surface area contributed by atoms with Gasteiger partial charge in [-0.05, 0) is 47.7 Å². The van der Waals surface area contributed by atoms with E-state index in [9.17, 15) is 17.6 Å². The highest BCUT2D eigenvalue weighted by Gasteiger charge is 2.28. The Balaban J connectivity index is 1.82. The minimum absolute atomic E-state index is 0.363. The van der Waals surface area contributed by atoms with Gasteiger partial charge in [0.2, 0.25) is 0 Å². The maximum Gasteiger partial charge on any atom is 0.422 e. The van der Waals surface area contributed by atoms with Crippen LogP contribution in [0.3, 0.4) is 0 Å². The van der Waals surface area contributed by atoms with Gasteiger partial charge in [0.1, 0.15) is 0 Å². The van der Waals surface area contributed by atoms with E-state index in [2.05, 4.69) is 34.0 Å². The summed E-state index contributed by atoms with van der Waals surface area (Å²) in [6, 6.07) is 11.6. The molecule has 0 aliphatic rings. The fourth-order valence-corrected chi connectivity index (χ4v) is 2.78. The van der Waals surface area contributed by atoms with Gasteiger partial charge in [0.05, 0.1) is 12.4 Å². The highest BCUT2D eigenvalue weighted by molar-refractivity contribution is 5.82. The summed E-state index contributed by atoms with van der Waals surface area (Å²) in [7, 11) is 0. The molecule has 162 valence electrons. The Morgan fingerprint density at radius 3 is 2.13 bits per heavy atom. The molecule has 2 aromatic carbocycles. The second-order valence-corrected chi connectivity index (χ2v) is 6.99. The first-order chi connectivity index (χ1) is 14.4. The van der Waals surface area contributed by atoms with E-state index in [-0.39, 0.29) is 0 Å². The predicted molar refractivity (Wildman–Crippen MR) is 112 cm³/mol. The zero-order valence-electron chi connectivity index (χ0n) is 17.0. The number of ether oxygens (including phenoxy) is 1. The van der Waals surface area contributed by atoms with Crippen molar-refractivity contribution in [1.82, 2.24) is 0 Å². The van der Waals surface area contributed by atoms with Crippen LogP contribution in [-0.2, 0) is 6.42 Å². The second kappa shape index (κ2) is 12.1. The van der Waals surface area contributed by atoms with Gasteiger partial charge in [0.25, 0.3) is 0 Å². The fourth-order valence-electron chi connectivity index (χ4n) is 2.78. The first-order valence-electron chi connectivity index (χ1n) is 10.0. The molecular weight excluding hydrogens is 396 g/mol. The third-order valence-electron chi connectivity index (χ3n) is 4.38. The van der Waals surface area contributed by atoms with E-state index >= 15 is 0 Å². The highest BCUT2D eigenvalue weighted by atomic mass is 19.4. The molecule has 30 heavy (non-hydrogen) atoms. The Labute approximate surface area is 174 Å². The molecule has 0 saturated carbocycles. The van der Waals surface area contributed by atoms with Gasteiger partial charge in [0, 0.05) is 0 Å². The first-order valence-corrected chi connectivity index (χ1v) is 10.0. The quantitative estimate of drug-likeness (QED) is 0.171. The van der Waals surface area contributed by atoms with Crippen molar-refractivity contribution in [2.45, 2.75) is 51.6 Å². The van der Waals surface area contributed by atoms with Crippen LogP contribution in [0.25, 0.3) is 0 Å². The van der Waals surface area contributed by atoms with E-state index in [4.69, 9.17) is 0 Å². The molecule has 7 heteroatoms. The number of halogens is 4. The molecule has 0 aliphatic heterocycles. The van der Waals surface area contributed by atoms with Crippen LogP contribution in [0.4, 0.5) is 17.6 Å². The van der Waals surface area contributed by atoms with Crippen molar-refractivity contribution in [2.24, 2.45) is 10.2 Å². The van der Waals surface area contributed by atoms with Crippen LogP contribution in [0.5, 0.6) is 5.75 Å². The molecule has 0 radical (unpaired) electrons. The molecule has 0 amide bonds. The van der Waals surface area contributed by atoms with Gasteiger partial charge in [-0.1, -0.05) is 56.9 Å². The van der Waals surface area contributed by atoms with Crippen molar-refractivity contribution in [3.63, 3.8) is 0 Å². The lowest BCUT2D eigenvalue weighted by Gasteiger charge is -2.09. The van der Waals surface area contributed by atoms with Gasteiger partial charge < -0.3 is 4.74 Å². The third kappa shape index (κ3) is 9.20. The number of benzene rings is 2. The summed E-state index contributed by atoms with van der Waals surface area (Å²) in [6.45, 7) is 0.662. The monoisotopic (exact) mass is 422 g/mol. The van der Waals surface area contributed by atoms with E-state index in [0.29, 0.717) is 5.56 Å². The summed E-state index contributed by atoms with van der Waals surface area (Å²) in [5, 5.41) is 7.78. The maximum absolute atomic E-state index is 13.8. The van der Waals surface area contributed by atoms with Crippen molar-refractivity contribution >= 4 is 12.4 Å². The van der Waals surface area contributed by atoms with Crippen LogP contribution in [0.2, 0.25) is 0 Å². The summed E-state index contributed by atoms with van der Waals surface area (Å²) in [5.41, 5.74) is 2.54. The van der Waals surface area contributed by atoms with Crippen LogP contribution in [0.1, 0.15) is 55.7 Å². The van der Waals surface area contributed by atoms with Crippen LogP contribution >= 0.6 is 0 Å². The SMILES string of the molecule is CCCCCCCc1ccc(C=NN=Cc2ccc(OCC(F)(F)F)c(F)c2)cc1. The van der Waals surface area contributed by atoms with Gasteiger partial charge in [-0.25, -0.2) is 4.39 Å². The average Bonchev–Trinajstić information content (AvgIpc) is 2.71. The van der Waals surface area contributed by atoms with E-state index in [0.717, 1.165) is 24.1 Å². The van der Waals surface area contributed by atoms with Crippen molar-refractivity contribution in [3.8, 4) is 5.75 Å². The van der Waals surface area contributed by atoms with Gasteiger partial charge >= 0.3 is 6.18 Å². The normalized spacial score (nSPS) is 12.2. The van der Waals surface area contributed by atoms with Crippen molar-refractivity contribution < 1.29 is 22.3 Å². The number of rotatable bonds is 11. The van der Waals surface area contributed by atoms with Crippen LogP contribution in [-0.4, -0.2) is 25.2 Å². The Morgan fingerprint density at radius 2 is 1.50 bits per heavy atom. The lowest BCUT2D eigenvalue weighted by atomic mass is 10.0. The van der Waals surface area contributed by atoms with Gasteiger partial charge in [-0.3, -0.25) is 0 Å². The standard InChI is InChI=1S/C23H26F4N2O/c1-2-3-4-5-6-7-18-8-10-19(11-9-18)15-28-29-16-20-12-13-22(21(24)14-20)30-17-23(25,26)27/h8-16H,2-7,17H2,1H3. The second-order valence-electron chi connectivity index (χ2n) is 6.99. The maximum atomic E-state index is 13.8. The molecule has 0 saturated heterocycles. The molecule has 3 nitrogen and oxygen atoms in total. The first kappa shape index (κ1) is 23.6. The number of hydrogen-bond donors (Lipinski definition) is 0. The van der Waals surface area contributed by atoms with Crippen LogP contribution in [0.15, 0.2) is 52.7 Å². The number of aryl methyl sites for hydroxylation is 1. The number of hydrogen-bond acceptors (Lipinski definition) is 3. The highest BCUT2D eigenvalue weighted by Crippen LogP contribution is 2.21. The topological polar surface area (TPSA) is 34.0 Å². The molecule has 2 rings (SSSR count). The molecule has 0 fully saturated rings. The zero-order chi connectivity index (χ0) is 21.8. The van der Waals surface area contributed by atoms with Gasteiger partial charge in [-0.15, -0.1) is 0 Å². The molecule has 0 aromatic heterocycles. The van der Waals surface area contributed by atoms with Crippen molar-refractivity contribution in [2.75, 3.05) is 6.61 Å². The molecule has 0 aliphatic carbocycles. The van der Waals surface area contributed by atoms with Crippen molar-refractivity contribution in [3.05, 3.63) is 65.0 Å². The Hall–Kier alpha value is -2.70. The average molecular weight is 422 g/mol. The van der Waals surface area contributed by atoms with Gasteiger partial charge in [-0.2, -0.15) is 23.4 Å². The minimum Gasteiger partial charge on any atom is -0.481 e. The van der Waals surface area contributed by atoms with E-state index in [1.165, 1.54) is 49.9 Å². The Morgan fingerprint density at radius 1 is 0.867 bits per heavy atom. The van der Waals surface area contributed by atoms with Gasteiger partial charge in [0.15, 0.2) is 18.2 Å². The molecule has 0 atom stereocenters. The molecule has 2 aromatic rings. The van der Waals surface area contributed by atoms with E-state index in [1.54, 1.807) is 6.21 Å². The smallest absolute Gasteiger partial charge is 0.422 e. The number of nitrogens with zero attached hydrogens (tertiary/aromatic N) is 2. The molecule has 0 N–H and O–H groups in total. The van der Waals surface area contributed by atoms with Crippen LogP contribution < -0.4 is 4.74 Å². The predicted octanol–water partition coefficient (Wildman–Crippen LogP) is 6.73. The zero-order valence-corrected chi connectivity index (χ0v) is 17.0. The van der Waals surface area contributed by atoms with E-state index < -0.39 is 24.3 Å². The Bertz CT molecular complexity index is 830. The largest absolute Gasteiger partial charge is 0.481 e. The Kier molecular flexibility index (Phi) is 9.51. The molecular formula is C23H26F4N2O. The molecule has 0 heterocycles. The third-order valence-corrected chi connectivity index (χ3v) is 4.38. The summed E-state index contributed by atoms with van der Waals surface area (Å²) >= 11 is 0. The summed E-state index contributed by atoms with van der Waals surface area (Å²) < 4.78 is 54.6. The molecule has 0 spiro atoms. The molecule has 0 unspecified atom stereocenters. The molecule has 0 bridgehead atoms. The summed E-state index contributed by atoms with van der Waals surface area (Å²) in [4.78, 5) is 0. The summed E-state index contributed by atoms with van der Waals surface area (Å²) in [6.07, 6.45) is 5.70. The fraction of sp³-hybridized carbons (Fsp3) is 0.391. The number of unbranched alkanes of at least 4 members (excludes halogenated alkanes) is 4. The lowest BCUT2D eigenvalue weighted by Crippen LogP contribution is -2.19. The minimum atomic E-state index is -4.52. The van der Waals surface area contributed by atoms with E-state index in [1.807, 2.05) is 12.1 Å². The van der Waals surface area contributed by atoms with Crippen LogP contribution in [0, 0.1) is 5.82 Å². The summed E-state index contributed by atoms with van der Waals surface area (Å²) in [5.74, 6) is -1.35.